The molecule has 3 nitrogen and oxygen atoms in total. The molecule has 0 saturated heterocycles. The van der Waals surface area contributed by atoms with Crippen LogP contribution < -0.4 is 28.7 Å². The lowest BCUT2D eigenvalue weighted by Crippen LogP contribution is -3.00. The fourth-order valence-electron chi connectivity index (χ4n) is 3.06. The average molecular weight is 462 g/mol. The molecule has 5 heteroatoms. The maximum atomic E-state index is 11.4. The van der Waals surface area contributed by atoms with Crippen molar-refractivity contribution in [3.05, 3.63) is 72.3 Å². The number of hydrogen-bond donors (Lipinski definition) is 1. The topological polar surface area (TPSA) is 46.5 Å². The third-order valence-electron chi connectivity index (χ3n) is 4.13. The predicted octanol–water partition coefficient (Wildman–Crippen LogP) is 2.44. The van der Waals surface area contributed by atoms with Crippen molar-refractivity contribution in [1.29, 1.82) is 0 Å². The first-order valence-corrected chi connectivity index (χ1v) is 8.77. The summed E-state index contributed by atoms with van der Waals surface area (Å²) >= 11 is 0. The van der Waals surface area contributed by atoms with Crippen molar-refractivity contribution in [3.8, 4) is 10.6 Å². The SMILES string of the molecule is COc1ccc(C(=O)O)cc1-[s+]1c2ccccc2c2ccccc21.[I-]. The number of benzene rings is 3. The summed E-state index contributed by atoms with van der Waals surface area (Å²) < 4.78 is 7.95. The molecule has 0 amide bonds. The second-order valence-electron chi connectivity index (χ2n) is 5.47. The van der Waals surface area contributed by atoms with Gasteiger partial charge in [0.2, 0.25) is 4.90 Å². The summed E-state index contributed by atoms with van der Waals surface area (Å²) in [4.78, 5) is 12.3. The molecule has 0 radical (unpaired) electrons. The summed E-state index contributed by atoms with van der Waals surface area (Å²) in [7, 11) is 1.25. The van der Waals surface area contributed by atoms with Gasteiger partial charge in [-0.15, -0.1) is 0 Å². The third-order valence-corrected chi connectivity index (χ3v) is 6.49. The van der Waals surface area contributed by atoms with Gasteiger partial charge in [0.15, 0.2) is 15.1 Å². The van der Waals surface area contributed by atoms with Crippen LogP contribution in [0.3, 0.4) is 0 Å². The molecule has 0 aliphatic rings. The van der Waals surface area contributed by atoms with Crippen molar-refractivity contribution in [2.75, 3.05) is 7.11 Å². The Hall–Kier alpha value is -2.12. The second kappa shape index (κ2) is 7.01. The number of halogens is 1. The molecular formula is C20H15IO3S. The van der Waals surface area contributed by atoms with E-state index < -0.39 is 5.97 Å². The summed E-state index contributed by atoms with van der Waals surface area (Å²) in [5, 5.41) is 11.8. The highest BCUT2D eigenvalue weighted by Gasteiger charge is 2.27. The minimum absolute atomic E-state index is 0. The van der Waals surface area contributed by atoms with Crippen molar-refractivity contribution in [2.45, 2.75) is 0 Å². The maximum Gasteiger partial charge on any atom is 0.335 e. The molecule has 0 fully saturated rings. The van der Waals surface area contributed by atoms with Gasteiger partial charge in [0.25, 0.3) is 0 Å². The number of carbonyl (C=O) groups is 1. The molecule has 0 saturated carbocycles. The molecule has 25 heavy (non-hydrogen) atoms. The van der Waals surface area contributed by atoms with Crippen LogP contribution in [-0.4, -0.2) is 18.2 Å². The van der Waals surface area contributed by atoms with E-state index in [0.717, 1.165) is 10.6 Å². The second-order valence-corrected chi connectivity index (χ2v) is 7.40. The van der Waals surface area contributed by atoms with Gasteiger partial charge in [0, 0.05) is 27.3 Å². The number of fused-ring (bicyclic) bond motifs is 3. The molecule has 0 aliphatic carbocycles. The summed E-state index contributed by atoms with van der Waals surface area (Å²) in [6, 6.07) is 21.7. The molecular weight excluding hydrogens is 447 g/mol. The van der Waals surface area contributed by atoms with E-state index in [1.54, 1.807) is 25.3 Å². The van der Waals surface area contributed by atoms with E-state index in [9.17, 15) is 9.90 Å². The van der Waals surface area contributed by atoms with E-state index in [-0.39, 0.29) is 40.0 Å². The highest BCUT2D eigenvalue weighted by molar-refractivity contribution is 7.50. The normalized spacial score (nSPS) is 10.6. The lowest BCUT2D eigenvalue weighted by atomic mass is 10.2. The number of carboxylic acids is 1. The Morgan fingerprint density at radius 2 is 1.48 bits per heavy atom. The van der Waals surface area contributed by atoms with Crippen LogP contribution in [0, 0.1) is 0 Å². The lowest BCUT2D eigenvalue weighted by Gasteiger charge is -2.04. The Balaban J connectivity index is 0.00000182. The van der Waals surface area contributed by atoms with E-state index in [0.29, 0.717) is 0 Å². The molecule has 126 valence electrons. The summed E-state index contributed by atoms with van der Waals surface area (Å²) in [5.74, 6) is -0.210. The first-order valence-electron chi connectivity index (χ1n) is 7.55. The number of thiophene rings is 1. The molecule has 3 aromatic carbocycles. The number of ether oxygens (including phenoxy) is 1. The highest BCUT2D eigenvalue weighted by Crippen LogP contribution is 2.51. The van der Waals surface area contributed by atoms with Crippen LogP contribution in [-0.2, 0) is 0 Å². The molecule has 0 bridgehead atoms. The van der Waals surface area contributed by atoms with E-state index >= 15 is 0 Å². The van der Waals surface area contributed by atoms with Gasteiger partial charge in [0.05, 0.1) is 12.7 Å². The molecule has 4 aromatic rings. The summed E-state index contributed by atoms with van der Waals surface area (Å²) in [6.07, 6.45) is 0. The molecule has 0 unspecified atom stereocenters. The minimum atomic E-state index is -0.928. The number of aromatic carboxylic acids is 1. The molecule has 0 atom stereocenters. The zero-order valence-electron chi connectivity index (χ0n) is 13.4. The molecule has 1 N–H and O–H groups in total. The van der Waals surface area contributed by atoms with Gasteiger partial charge >= 0.3 is 5.97 Å². The molecule has 0 spiro atoms. The zero-order chi connectivity index (χ0) is 16.7. The minimum Gasteiger partial charge on any atom is -1.00 e. The van der Waals surface area contributed by atoms with Crippen LogP contribution in [0.4, 0.5) is 0 Å². The number of methoxy groups -OCH3 is 1. The molecule has 0 aliphatic heterocycles. The van der Waals surface area contributed by atoms with Crippen LogP contribution in [0.25, 0.3) is 25.1 Å². The highest BCUT2D eigenvalue weighted by atomic mass is 127. The molecule has 1 heterocycles. The average Bonchev–Trinajstić information content (AvgIpc) is 2.95. The number of hydrogen-bond acceptors (Lipinski definition) is 2. The van der Waals surface area contributed by atoms with Gasteiger partial charge in [0.1, 0.15) is 0 Å². The number of carboxylic acid groups (broad SMARTS) is 1. The Morgan fingerprint density at radius 1 is 0.920 bits per heavy atom. The van der Waals surface area contributed by atoms with Crippen molar-refractivity contribution in [2.24, 2.45) is 0 Å². The Morgan fingerprint density at radius 3 is 2.00 bits per heavy atom. The van der Waals surface area contributed by atoms with Crippen molar-refractivity contribution in [3.63, 3.8) is 0 Å². The Kier molecular flexibility index (Phi) is 4.96. The fraction of sp³-hybridized carbons (Fsp3) is 0.0500. The van der Waals surface area contributed by atoms with Gasteiger partial charge in [-0.25, -0.2) is 4.79 Å². The third kappa shape index (κ3) is 2.87. The Labute approximate surface area is 164 Å². The van der Waals surface area contributed by atoms with Crippen molar-refractivity contribution in [1.82, 2.24) is 0 Å². The van der Waals surface area contributed by atoms with Crippen LogP contribution in [0.2, 0.25) is 0 Å². The summed E-state index contributed by atoms with van der Waals surface area (Å²) in [5.41, 5.74) is 0.278. The first-order chi connectivity index (χ1) is 11.7. The van der Waals surface area contributed by atoms with Crippen LogP contribution in [0.5, 0.6) is 5.75 Å². The van der Waals surface area contributed by atoms with Gasteiger partial charge in [-0.3, -0.25) is 0 Å². The van der Waals surface area contributed by atoms with E-state index in [1.807, 2.05) is 24.3 Å². The van der Waals surface area contributed by atoms with Gasteiger partial charge < -0.3 is 33.8 Å². The predicted molar refractivity (Wildman–Crippen MR) is 98.8 cm³/mol. The van der Waals surface area contributed by atoms with Crippen molar-refractivity contribution >= 4 is 36.6 Å². The van der Waals surface area contributed by atoms with E-state index in [2.05, 4.69) is 24.3 Å². The number of rotatable bonds is 3. The standard InChI is InChI=1S/C20H14O3S.HI/c1-23-16-11-10-13(20(21)22)12-19(16)24-17-8-4-2-6-14(17)15-7-3-5-9-18(15)24;/h2-12H,1H3;1H. The first kappa shape index (κ1) is 17.7. The van der Waals surface area contributed by atoms with E-state index in [4.69, 9.17) is 4.74 Å². The maximum absolute atomic E-state index is 11.4. The summed E-state index contributed by atoms with van der Waals surface area (Å²) in [6.45, 7) is 0. The largest absolute Gasteiger partial charge is 1.00 e. The fourth-order valence-corrected chi connectivity index (χ4v) is 5.59. The molecule has 1 aromatic heterocycles. The van der Waals surface area contributed by atoms with Crippen LogP contribution in [0.15, 0.2) is 66.7 Å². The van der Waals surface area contributed by atoms with Gasteiger partial charge in [-0.05, 0) is 36.4 Å². The Bertz CT molecular complexity index is 1030. The smallest absolute Gasteiger partial charge is 0.335 e. The molecule has 4 rings (SSSR count). The zero-order valence-corrected chi connectivity index (χ0v) is 16.4. The van der Waals surface area contributed by atoms with Crippen molar-refractivity contribution < 1.29 is 38.6 Å². The quantitative estimate of drug-likeness (QED) is 0.376. The monoisotopic (exact) mass is 462 g/mol. The van der Waals surface area contributed by atoms with Crippen LogP contribution in [0.1, 0.15) is 10.4 Å². The van der Waals surface area contributed by atoms with E-state index in [1.165, 1.54) is 20.2 Å². The van der Waals surface area contributed by atoms with Crippen LogP contribution >= 0.6 is 10.5 Å². The van der Waals surface area contributed by atoms with Gasteiger partial charge in [-0.1, -0.05) is 24.3 Å². The lowest BCUT2D eigenvalue weighted by molar-refractivity contribution is -0.0000203. The van der Waals surface area contributed by atoms with Gasteiger partial charge in [-0.2, -0.15) is 0 Å².